The van der Waals surface area contributed by atoms with Gasteiger partial charge in [0.25, 0.3) is 0 Å². The minimum absolute atomic E-state index is 0.115. The van der Waals surface area contributed by atoms with Gasteiger partial charge in [-0.1, -0.05) is 30.5 Å². The number of rotatable bonds is 4. The van der Waals surface area contributed by atoms with Crippen LogP contribution >= 0.6 is 0 Å². The van der Waals surface area contributed by atoms with E-state index in [1.807, 2.05) is 31.2 Å². The van der Waals surface area contributed by atoms with Crippen molar-refractivity contribution in [3.63, 3.8) is 0 Å². The lowest BCUT2D eigenvalue weighted by molar-refractivity contribution is -0.126. The van der Waals surface area contributed by atoms with Gasteiger partial charge in [0.2, 0.25) is 11.8 Å². The zero-order chi connectivity index (χ0) is 14.5. The summed E-state index contributed by atoms with van der Waals surface area (Å²) in [5.74, 6) is -0.0127. The van der Waals surface area contributed by atoms with E-state index in [-0.39, 0.29) is 17.7 Å². The Morgan fingerprint density at radius 1 is 1.15 bits per heavy atom. The van der Waals surface area contributed by atoms with E-state index < -0.39 is 6.04 Å². The van der Waals surface area contributed by atoms with Gasteiger partial charge in [-0.2, -0.15) is 0 Å². The van der Waals surface area contributed by atoms with Gasteiger partial charge in [0.1, 0.15) is 6.04 Å². The van der Waals surface area contributed by atoms with Crippen LogP contribution in [0.4, 0.5) is 5.69 Å². The molecule has 2 N–H and O–H groups in total. The van der Waals surface area contributed by atoms with Crippen LogP contribution in [0.5, 0.6) is 0 Å². The minimum atomic E-state index is -0.420. The van der Waals surface area contributed by atoms with E-state index in [4.69, 9.17) is 0 Å². The molecule has 0 heterocycles. The topological polar surface area (TPSA) is 58.2 Å². The highest BCUT2D eigenvalue weighted by atomic mass is 16.2. The van der Waals surface area contributed by atoms with Crippen LogP contribution in [0, 0.1) is 12.8 Å². The third-order valence-corrected chi connectivity index (χ3v) is 3.83. The fourth-order valence-electron chi connectivity index (χ4n) is 2.76. The molecular formula is C16H22N2O2. The molecule has 1 aliphatic carbocycles. The number of amides is 2. The summed E-state index contributed by atoms with van der Waals surface area (Å²) >= 11 is 0. The Morgan fingerprint density at radius 2 is 1.75 bits per heavy atom. The molecular weight excluding hydrogens is 252 g/mol. The molecule has 4 nitrogen and oxygen atoms in total. The first-order valence-corrected chi connectivity index (χ1v) is 7.21. The molecule has 20 heavy (non-hydrogen) atoms. The average molecular weight is 274 g/mol. The van der Waals surface area contributed by atoms with Crippen molar-refractivity contribution in [3.05, 3.63) is 29.8 Å². The Kier molecular flexibility index (Phi) is 4.77. The second-order valence-corrected chi connectivity index (χ2v) is 5.58. The smallest absolute Gasteiger partial charge is 0.247 e. The number of carbonyl (C=O) groups is 2. The first kappa shape index (κ1) is 14.6. The Morgan fingerprint density at radius 3 is 2.30 bits per heavy atom. The van der Waals surface area contributed by atoms with E-state index in [0.717, 1.165) is 36.9 Å². The standard InChI is InChI=1S/C16H22N2O2/c1-11-7-9-14(10-8-11)18-16(20)15(17-12(2)19)13-5-3-4-6-13/h7-10,13,15H,3-6H2,1-2H3,(H,17,19)(H,18,20). The van der Waals surface area contributed by atoms with Crippen LogP contribution in [0.3, 0.4) is 0 Å². The largest absolute Gasteiger partial charge is 0.344 e. The molecule has 4 heteroatoms. The van der Waals surface area contributed by atoms with Crippen LogP contribution in [0.2, 0.25) is 0 Å². The van der Waals surface area contributed by atoms with Crippen molar-refractivity contribution in [1.29, 1.82) is 0 Å². The molecule has 0 radical (unpaired) electrons. The van der Waals surface area contributed by atoms with Gasteiger partial charge in [-0.25, -0.2) is 0 Å². The lowest BCUT2D eigenvalue weighted by Crippen LogP contribution is -2.47. The predicted molar refractivity (Wildman–Crippen MR) is 79.4 cm³/mol. The fraction of sp³-hybridized carbons (Fsp3) is 0.500. The summed E-state index contributed by atoms with van der Waals surface area (Å²) in [6.45, 7) is 3.46. The van der Waals surface area contributed by atoms with Crippen LogP contribution in [-0.4, -0.2) is 17.9 Å². The quantitative estimate of drug-likeness (QED) is 0.886. The lowest BCUT2D eigenvalue weighted by atomic mass is 9.97. The highest BCUT2D eigenvalue weighted by molar-refractivity contribution is 5.97. The van der Waals surface area contributed by atoms with E-state index in [2.05, 4.69) is 10.6 Å². The first-order chi connectivity index (χ1) is 9.56. The molecule has 108 valence electrons. The van der Waals surface area contributed by atoms with E-state index in [0.29, 0.717) is 0 Å². The van der Waals surface area contributed by atoms with Crippen LogP contribution < -0.4 is 10.6 Å². The van der Waals surface area contributed by atoms with Crippen molar-refractivity contribution in [2.24, 2.45) is 5.92 Å². The molecule has 0 bridgehead atoms. The minimum Gasteiger partial charge on any atom is -0.344 e. The summed E-state index contributed by atoms with van der Waals surface area (Å²) in [7, 11) is 0. The van der Waals surface area contributed by atoms with Crippen molar-refractivity contribution in [3.8, 4) is 0 Å². The monoisotopic (exact) mass is 274 g/mol. The van der Waals surface area contributed by atoms with Gasteiger partial charge < -0.3 is 10.6 Å². The summed E-state index contributed by atoms with van der Waals surface area (Å²) in [6.07, 6.45) is 4.29. The number of hydrogen-bond donors (Lipinski definition) is 2. The predicted octanol–water partition coefficient (Wildman–Crippen LogP) is 2.63. The SMILES string of the molecule is CC(=O)NC(C(=O)Nc1ccc(C)cc1)C1CCCC1. The lowest BCUT2D eigenvalue weighted by Gasteiger charge is -2.23. The number of anilines is 1. The van der Waals surface area contributed by atoms with Crippen LogP contribution in [0.25, 0.3) is 0 Å². The third-order valence-electron chi connectivity index (χ3n) is 3.83. The number of benzene rings is 1. The van der Waals surface area contributed by atoms with Gasteiger partial charge in [0.05, 0.1) is 0 Å². The zero-order valence-electron chi connectivity index (χ0n) is 12.1. The molecule has 0 saturated heterocycles. The van der Waals surface area contributed by atoms with Crippen molar-refractivity contribution in [1.82, 2.24) is 5.32 Å². The van der Waals surface area contributed by atoms with Gasteiger partial charge >= 0.3 is 0 Å². The summed E-state index contributed by atoms with van der Waals surface area (Å²) in [5.41, 5.74) is 1.92. The Bertz CT molecular complexity index is 476. The number of aryl methyl sites for hydroxylation is 1. The summed E-state index contributed by atoms with van der Waals surface area (Å²) in [5, 5.41) is 5.70. The van der Waals surface area contributed by atoms with Gasteiger partial charge in [-0.15, -0.1) is 0 Å². The highest BCUT2D eigenvalue weighted by Gasteiger charge is 2.31. The van der Waals surface area contributed by atoms with Gasteiger partial charge in [-0.3, -0.25) is 9.59 Å². The molecule has 1 aliphatic rings. The van der Waals surface area contributed by atoms with Crippen LogP contribution in [0.1, 0.15) is 38.2 Å². The second-order valence-electron chi connectivity index (χ2n) is 5.58. The van der Waals surface area contributed by atoms with Gasteiger partial charge in [0, 0.05) is 12.6 Å². The molecule has 1 fully saturated rings. The van der Waals surface area contributed by atoms with E-state index in [1.165, 1.54) is 6.92 Å². The molecule has 1 aromatic rings. The van der Waals surface area contributed by atoms with Crippen molar-refractivity contribution in [2.75, 3.05) is 5.32 Å². The van der Waals surface area contributed by atoms with E-state index in [9.17, 15) is 9.59 Å². The number of carbonyl (C=O) groups excluding carboxylic acids is 2. The summed E-state index contributed by atoms with van der Waals surface area (Å²) in [4.78, 5) is 23.7. The van der Waals surface area contributed by atoms with Gasteiger partial charge in [0.15, 0.2) is 0 Å². The molecule has 2 rings (SSSR count). The molecule has 1 atom stereocenters. The summed E-state index contributed by atoms with van der Waals surface area (Å²) in [6, 6.07) is 7.26. The zero-order valence-corrected chi connectivity index (χ0v) is 12.1. The normalized spacial score (nSPS) is 16.7. The molecule has 0 aromatic heterocycles. The molecule has 0 spiro atoms. The van der Waals surface area contributed by atoms with Crippen LogP contribution in [0.15, 0.2) is 24.3 Å². The maximum absolute atomic E-state index is 12.4. The van der Waals surface area contributed by atoms with Crippen molar-refractivity contribution >= 4 is 17.5 Å². The fourth-order valence-corrected chi connectivity index (χ4v) is 2.76. The number of nitrogens with one attached hydrogen (secondary N) is 2. The van der Waals surface area contributed by atoms with Crippen LogP contribution in [-0.2, 0) is 9.59 Å². The summed E-state index contributed by atoms with van der Waals surface area (Å²) < 4.78 is 0. The molecule has 1 saturated carbocycles. The molecule has 1 aromatic carbocycles. The number of hydrogen-bond acceptors (Lipinski definition) is 2. The maximum Gasteiger partial charge on any atom is 0.247 e. The maximum atomic E-state index is 12.4. The molecule has 0 aliphatic heterocycles. The molecule has 2 amide bonds. The van der Waals surface area contributed by atoms with Crippen molar-refractivity contribution in [2.45, 2.75) is 45.6 Å². The Labute approximate surface area is 119 Å². The second kappa shape index (κ2) is 6.55. The van der Waals surface area contributed by atoms with E-state index in [1.54, 1.807) is 0 Å². The van der Waals surface area contributed by atoms with Crippen molar-refractivity contribution < 1.29 is 9.59 Å². The van der Waals surface area contributed by atoms with E-state index >= 15 is 0 Å². The first-order valence-electron chi connectivity index (χ1n) is 7.21. The van der Waals surface area contributed by atoms with Gasteiger partial charge in [-0.05, 0) is 37.8 Å². The highest BCUT2D eigenvalue weighted by Crippen LogP contribution is 2.28. The molecule has 1 unspecified atom stereocenters. The Hall–Kier alpha value is -1.84. The average Bonchev–Trinajstić information content (AvgIpc) is 2.92. The Balaban J connectivity index is 2.05. The third kappa shape index (κ3) is 3.83.